The number of carbonyl (C=O) groups excluding carboxylic acids is 5. The van der Waals surface area contributed by atoms with Crippen molar-refractivity contribution in [3.8, 4) is 5.75 Å². The lowest BCUT2D eigenvalue weighted by molar-refractivity contribution is -0.150. The number of likely N-dealkylation sites (N-methyl/N-ethyl adjacent to an activating group) is 1. The van der Waals surface area contributed by atoms with Crippen LogP contribution in [0.1, 0.15) is 130 Å². The molecule has 3 unspecified atom stereocenters. The number of esters is 1. The van der Waals surface area contributed by atoms with E-state index >= 15 is 0 Å². The largest absolute Gasteiger partial charge is 0.426 e. The number of hydrogen-bond donors (Lipinski definition) is 0. The van der Waals surface area contributed by atoms with E-state index in [1.807, 2.05) is 21.9 Å². The second kappa shape index (κ2) is 18.5. The van der Waals surface area contributed by atoms with Gasteiger partial charge in [-0.25, -0.2) is 0 Å². The number of benzene rings is 1. The van der Waals surface area contributed by atoms with Gasteiger partial charge in [-0.05, 0) is 89.6 Å². The van der Waals surface area contributed by atoms with Gasteiger partial charge in [0.25, 0.3) is 0 Å². The zero-order chi connectivity index (χ0) is 34.6. The number of unbranched alkanes of at least 4 members (excludes halogenated alkanes) is 5. The van der Waals surface area contributed by atoms with Crippen molar-refractivity contribution in [3.05, 3.63) is 29.8 Å². The average Bonchev–Trinajstić information content (AvgIpc) is 3.58. The molecule has 0 bridgehead atoms. The van der Waals surface area contributed by atoms with Gasteiger partial charge >= 0.3 is 5.97 Å². The molecule has 9 heteroatoms. The average molecular weight is 654 g/mol. The standard InChI is InChI=1S/C38H59N3O6/c1-7-9-12-19-34(44)40-32(26-30-20-22-31(23-21-30)47-35(45)27-39(5)6)37(46)41(38(40)24-15-16-25-38)36(28(3)8-2)33(43)18-14-11-10-13-17-29(4)42/h20-23,28,32,36H,7-19,24-27H2,1-6H3. The highest BCUT2D eigenvalue weighted by atomic mass is 16.5. The first-order valence-corrected chi connectivity index (χ1v) is 18.1. The molecule has 1 aliphatic heterocycles. The van der Waals surface area contributed by atoms with Crippen LogP contribution in [0.15, 0.2) is 24.3 Å². The smallest absolute Gasteiger partial charge is 0.325 e. The van der Waals surface area contributed by atoms with Crippen molar-refractivity contribution >= 4 is 29.4 Å². The Morgan fingerprint density at radius 3 is 2.11 bits per heavy atom. The van der Waals surface area contributed by atoms with Gasteiger partial charge in [-0.1, -0.05) is 65.0 Å². The predicted molar refractivity (Wildman–Crippen MR) is 184 cm³/mol. The van der Waals surface area contributed by atoms with Crippen LogP contribution in [-0.2, 0) is 30.4 Å². The SMILES string of the molecule is CCCCCC(=O)N1C(Cc2ccc(OC(=O)CN(C)C)cc2)C(=O)N(C(C(=O)CCCCCCC(C)=O)C(C)CC)C12CCCC2. The van der Waals surface area contributed by atoms with E-state index in [0.29, 0.717) is 44.3 Å². The molecule has 3 rings (SSSR count). The van der Waals surface area contributed by atoms with Crippen molar-refractivity contribution in [2.24, 2.45) is 5.92 Å². The maximum absolute atomic E-state index is 14.8. The summed E-state index contributed by atoms with van der Waals surface area (Å²) in [6.07, 6.45) is 11.7. The minimum Gasteiger partial charge on any atom is -0.426 e. The Morgan fingerprint density at radius 1 is 0.915 bits per heavy atom. The Labute approximate surface area is 282 Å². The Balaban J connectivity index is 1.92. The molecule has 9 nitrogen and oxygen atoms in total. The lowest BCUT2D eigenvalue weighted by atomic mass is 9.88. The number of amides is 2. The summed E-state index contributed by atoms with van der Waals surface area (Å²) in [5.74, 6) is 0.169. The quantitative estimate of drug-likeness (QED) is 0.0899. The number of ether oxygens (including phenoxy) is 1. The minimum atomic E-state index is -0.794. The van der Waals surface area contributed by atoms with Crippen molar-refractivity contribution in [1.82, 2.24) is 14.7 Å². The summed E-state index contributed by atoms with van der Waals surface area (Å²) in [6, 6.07) is 5.91. The molecule has 2 amide bonds. The van der Waals surface area contributed by atoms with E-state index in [0.717, 1.165) is 69.8 Å². The molecule has 0 radical (unpaired) electrons. The van der Waals surface area contributed by atoms with E-state index in [2.05, 4.69) is 20.8 Å². The van der Waals surface area contributed by atoms with Crippen LogP contribution < -0.4 is 4.74 Å². The van der Waals surface area contributed by atoms with Gasteiger partial charge in [-0.15, -0.1) is 0 Å². The van der Waals surface area contributed by atoms with Gasteiger partial charge < -0.3 is 19.3 Å². The third-order valence-corrected chi connectivity index (χ3v) is 9.92. The zero-order valence-corrected chi connectivity index (χ0v) is 29.9. The van der Waals surface area contributed by atoms with Gasteiger partial charge in [-0.2, -0.15) is 0 Å². The molecular formula is C38H59N3O6. The van der Waals surface area contributed by atoms with Crippen LogP contribution in [0.25, 0.3) is 0 Å². The van der Waals surface area contributed by atoms with Crippen LogP contribution in [0.4, 0.5) is 0 Å². The summed E-state index contributed by atoms with van der Waals surface area (Å²) >= 11 is 0. The maximum atomic E-state index is 14.8. The molecule has 1 heterocycles. The third-order valence-electron chi connectivity index (χ3n) is 9.92. The van der Waals surface area contributed by atoms with Gasteiger partial charge in [0.2, 0.25) is 11.8 Å². The summed E-state index contributed by atoms with van der Waals surface area (Å²) < 4.78 is 5.47. The van der Waals surface area contributed by atoms with Crippen molar-refractivity contribution in [2.45, 2.75) is 148 Å². The predicted octanol–water partition coefficient (Wildman–Crippen LogP) is 6.50. The molecule has 1 aromatic carbocycles. The molecule has 2 aliphatic rings. The van der Waals surface area contributed by atoms with Crippen molar-refractivity contribution in [2.75, 3.05) is 20.6 Å². The molecule has 1 aromatic rings. The molecule has 1 spiro atoms. The fraction of sp³-hybridized carbons (Fsp3) is 0.711. The number of nitrogens with zero attached hydrogens (tertiary/aromatic N) is 3. The van der Waals surface area contributed by atoms with Gasteiger partial charge in [0.15, 0.2) is 5.78 Å². The second-order valence-corrected chi connectivity index (χ2v) is 14.1. The normalized spacial score (nSPS) is 18.6. The molecular weight excluding hydrogens is 594 g/mol. The summed E-state index contributed by atoms with van der Waals surface area (Å²) in [4.78, 5) is 72.0. The fourth-order valence-corrected chi connectivity index (χ4v) is 7.38. The molecule has 1 saturated carbocycles. The van der Waals surface area contributed by atoms with Crippen molar-refractivity contribution < 1.29 is 28.7 Å². The van der Waals surface area contributed by atoms with Crippen molar-refractivity contribution in [1.29, 1.82) is 0 Å². The van der Waals surface area contributed by atoms with E-state index in [-0.39, 0.29) is 41.8 Å². The summed E-state index contributed by atoms with van der Waals surface area (Å²) in [6.45, 7) is 8.01. The van der Waals surface area contributed by atoms with Crippen LogP contribution in [0.5, 0.6) is 5.75 Å². The fourth-order valence-electron chi connectivity index (χ4n) is 7.38. The molecule has 2 fully saturated rings. The van der Waals surface area contributed by atoms with Crippen LogP contribution >= 0.6 is 0 Å². The highest BCUT2D eigenvalue weighted by Crippen LogP contribution is 2.48. The van der Waals surface area contributed by atoms with E-state index in [1.54, 1.807) is 38.1 Å². The van der Waals surface area contributed by atoms with Gasteiger partial charge in [0.1, 0.15) is 23.2 Å². The van der Waals surface area contributed by atoms with Crippen LogP contribution in [-0.4, -0.2) is 82.4 Å². The number of ketones is 2. The monoisotopic (exact) mass is 653 g/mol. The Morgan fingerprint density at radius 2 is 1.53 bits per heavy atom. The molecule has 3 atom stereocenters. The van der Waals surface area contributed by atoms with Gasteiger partial charge in [0, 0.05) is 25.7 Å². The number of Topliss-reactive ketones (excluding diaryl/α,β-unsaturated/α-hetero) is 2. The Kier molecular flexibility index (Phi) is 15.1. The van der Waals surface area contributed by atoms with E-state index in [4.69, 9.17) is 4.74 Å². The Hall–Kier alpha value is -3.07. The molecule has 262 valence electrons. The first kappa shape index (κ1) is 38.4. The maximum Gasteiger partial charge on any atom is 0.325 e. The third kappa shape index (κ3) is 10.2. The first-order chi connectivity index (χ1) is 22.4. The highest BCUT2D eigenvalue weighted by molar-refractivity contribution is 5.97. The number of carbonyl (C=O) groups is 5. The lowest BCUT2D eigenvalue weighted by Crippen LogP contribution is -2.60. The molecule has 0 aromatic heterocycles. The van der Waals surface area contributed by atoms with Crippen LogP contribution in [0, 0.1) is 5.92 Å². The zero-order valence-electron chi connectivity index (χ0n) is 29.9. The van der Waals surface area contributed by atoms with Gasteiger partial charge in [-0.3, -0.25) is 24.1 Å². The molecule has 1 aliphatic carbocycles. The molecule has 47 heavy (non-hydrogen) atoms. The van der Waals surface area contributed by atoms with Crippen LogP contribution in [0.2, 0.25) is 0 Å². The topological polar surface area (TPSA) is 104 Å². The number of hydrogen-bond acceptors (Lipinski definition) is 7. The molecule has 0 N–H and O–H groups in total. The lowest BCUT2D eigenvalue weighted by Gasteiger charge is -2.46. The summed E-state index contributed by atoms with van der Waals surface area (Å²) in [7, 11) is 3.60. The highest BCUT2D eigenvalue weighted by Gasteiger charge is 2.62. The van der Waals surface area contributed by atoms with E-state index in [1.165, 1.54) is 0 Å². The number of rotatable bonds is 20. The summed E-state index contributed by atoms with van der Waals surface area (Å²) in [5, 5.41) is 0. The van der Waals surface area contributed by atoms with Gasteiger partial charge in [0.05, 0.1) is 12.6 Å². The van der Waals surface area contributed by atoms with E-state index < -0.39 is 17.7 Å². The van der Waals surface area contributed by atoms with Crippen LogP contribution in [0.3, 0.4) is 0 Å². The summed E-state index contributed by atoms with van der Waals surface area (Å²) in [5.41, 5.74) is 0.0758. The second-order valence-electron chi connectivity index (χ2n) is 14.1. The Bertz CT molecular complexity index is 1210. The van der Waals surface area contributed by atoms with Crippen molar-refractivity contribution in [3.63, 3.8) is 0 Å². The first-order valence-electron chi connectivity index (χ1n) is 18.1. The van der Waals surface area contributed by atoms with E-state index in [9.17, 15) is 24.0 Å². The molecule has 1 saturated heterocycles. The minimum absolute atomic E-state index is 0.00347.